The zero-order valence-corrected chi connectivity index (χ0v) is 17.5. The molecule has 0 aromatic heterocycles. The molecule has 0 radical (unpaired) electrons. The van der Waals surface area contributed by atoms with Crippen molar-refractivity contribution in [1.29, 1.82) is 0 Å². The molecule has 0 unspecified atom stereocenters. The summed E-state index contributed by atoms with van der Waals surface area (Å²) in [5.74, 6) is -3.16. The monoisotopic (exact) mass is 406 g/mol. The van der Waals surface area contributed by atoms with Crippen LogP contribution in [0.1, 0.15) is 53.4 Å². The third-order valence-electron chi connectivity index (χ3n) is 8.52. The van der Waals surface area contributed by atoms with E-state index in [9.17, 15) is 24.3 Å². The van der Waals surface area contributed by atoms with Gasteiger partial charge in [-0.1, -0.05) is 20.8 Å². The maximum absolute atomic E-state index is 13.4. The van der Waals surface area contributed by atoms with Crippen molar-refractivity contribution in [3.8, 4) is 0 Å². The van der Waals surface area contributed by atoms with E-state index in [4.69, 9.17) is 9.47 Å². The Morgan fingerprint density at radius 1 is 1.31 bits per heavy atom. The van der Waals surface area contributed by atoms with Crippen molar-refractivity contribution in [1.82, 2.24) is 0 Å². The number of fused-ring (bicyclic) bond motifs is 2. The van der Waals surface area contributed by atoms with Crippen LogP contribution in [0.25, 0.3) is 0 Å². The van der Waals surface area contributed by atoms with Crippen LogP contribution in [0.3, 0.4) is 0 Å². The van der Waals surface area contributed by atoms with Crippen LogP contribution in [0.15, 0.2) is 0 Å². The average Bonchev–Trinajstić information content (AvgIpc) is 2.83. The van der Waals surface area contributed by atoms with Gasteiger partial charge in [-0.25, -0.2) is 0 Å². The average molecular weight is 406 g/mol. The van der Waals surface area contributed by atoms with E-state index in [-0.39, 0.29) is 24.2 Å². The van der Waals surface area contributed by atoms with Crippen LogP contribution < -0.4 is 0 Å². The second kappa shape index (κ2) is 6.37. The molecule has 4 rings (SSSR count). The molecule has 160 valence electrons. The molecule has 2 bridgehead atoms. The van der Waals surface area contributed by atoms with Crippen LogP contribution >= 0.6 is 0 Å². The fourth-order valence-corrected chi connectivity index (χ4v) is 7.30. The first-order chi connectivity index (χ1) is 13.5. The Kier molecular flexibility index (Phi) is 4.50. The van der Waals surface area contributed by atoms with Crippen LogP contribution in [0.2, 0.25) is 0 Å². The maximum atomic E-state index is 13.4. The lowest BCUT2D eigenvalue weighted by atomic mass is 9.43. The molecule has 4 aliphatic rings. The van der Waals surface area contributed by atoms with E-state index < -0.39 is 52.2 Å². The zero-order chi connectivity index (χ0) is 21.4. The Bertz CT molecular complexity index is 773. The Morgan fingerprint density at radius 2 is 2.00 bits per heavy atom. The van der Waals surface area contributed by atoms with Gasteiger partial charge in [-0.2, -0.15) is 0 Å². The summed E-state index contributed by atoms with van der Waals surface area (Å²) in [6, 6.07) is 0. The van der Waals surface area contributed by atoms with Gasteiger partial charge in [0.15, 0.2) is 5.78 Å². The van der Waals surface area contributed by atoms with E-state index in [1.54, 1.807) is 6.92 Å². The van der Waals surface area contributed by atoms with Crippen molar-refractivity contribution in [3.05, 3.63) is 0 Å². The number of aliphatic hydroxyl groups is 1. The number of hydrogen-bond acceptors (Lipinski definition) is 7. The summed E-state index contributed by atoms with van der Waals surface area (Å²) in [5, 5.41) is 11.3. The Hall–Kier alpha value is -1.76. The number of ketones is 1. The lowest BCUT2D eigenvalue weighted by Gasteiger charge is -2.62. The molecule has 3 saturated carbocycles. The molecule has 2 spiro atoms. The number of rotatable bonds is 2. The van der Waals surface area contributed by atoms with Gasteiger partial charge in [-0.3, -0.25) is 14.4 Å². The van der Waals surface area contributed by atoms with Gasteiger partial charge in [0.1, 0.15) is 24.4 Å². The topological polar surface area (TPSA) is 107 Å². The van der Waals surface area contributed by atoms with Crippen LogP contribution in [0.5, 0.6) is 0 Å². The number of esters is 2. The molecule has 8 atom stereocenters. The van der Waals surface area contributed by atoms with Gasteiger partial charge in [0.2, 0.25) is 0 Å². The molecule has 1 saturated heterocycles. The van der Waals surface area contributed by atoms with Gasteiger partial charge in [0, 0.05) is 24.7 Å². The number of ether oxygens (including phenoxy) is 2. The van der Waals surface area contributed by atoms with E-state index in [1.807, 2.05) is 13.8 Å². The Morgan fingerprint density at radius 3 is 2.62 bits per heavy atom. The first-order valence-electron chi connectivity index (χ1n) is 10.5. The summed E-state index contributed by atoms with van der Waals surface area (Å²) in [5.41, 5.74) is -3.03. The molecular weight excluding hydrogens is 376 g/mol. The van der Waals surface area contributed by atoms with Crippen molar-refractivity contribution in [2.75, 3.05) is 6.61 Å². The second-order valence-electron chi connectivity index (χ2n) is 10.3. The van der Waals surface area contributed by atoms with Crippen LogP contribution in [-0.4, -0.2) is 47.9 Å². The third kappa shape index (κ3) is 2.46. The maximum Gasteiger partial charge on any atom is 0.320 e. The minimum Gasteiger partial charge on any atom is -0.464 e. The normalized spacial score (nSPS) is 48.0. The molecule has 0 aromatic rings. The number of aliphatic hydroxyl groups excluding tert-OH is 1. The second-order valence-corrected chi connectivity index (χ2v) is 10.3. The highest BCUT2D eigenvalue weighted by atomic mass is 16.6. The van der Waals surface area contributed by atoms with Crippen LogP contribution in [0.4, 0.5) is 0 Å². The van der Waals surface area contributed by atoms with Gasteiger partial charge in [-0.15, -0.1) is 0 Å². The first-order valence-corrected chi connectivity index (χ1v) is 10.5. The molecule has 0 amide bonds. The predicted octanol–water partition coefficient (Wildman–Crippen LogP) is 1.69. The fourth-order valence-electron chi connectivity index (χ4n) is 7.30. The molecular formula is C22H30O7. The van der Waals surface area contributed by atoms with Gasteiger partial charge in [-0.05, 0) is 37.0 Å². The van der Waals surface area contributed by atoms with Gasteiger partial charge in [0.05, 0.1) is 11.5 Å². The summed E-state index contributed by atoms with van der Waals surface area (Å²) < 4.78 is 11.3. The van der Waals surface area contributed by atoms with Crippen molar-refractivity contribution in [3.63, 3.8) is 0 Å². The minimum atomic E-state index is -1.47. The summed E-state index contributed by atoms with van der Waals surface area (Å²) in [6.07, 6.45) is 1.07. The Balaban J connectivity index is 1.95. The van der Waals surface area contributed by atoms with Crippen molar-refractivity contribution >= 4 is 24.0 Å². The molecule has 3 aliphatic carbocycles. The van der Waals surface area contributed by atoms with Gasteiger partial charge >= 0.3 is 11.9 Å². The number of aldehydes is 1. The van der Waals surface area contributed by atoms with E-state index >= 15 is 0 Å². The fraction of sp³-hybridized carbons (Fsp3) is 0.818. The number of cyclic esters (lactones) is 1. The number of carbonyl (C=O) groups excluding carboxylic acids is 4. The summed E-state index contributed by atoms with van der Waals surface area (Å²) in [6.45, 7) is 6.92. The van der Waals surface area contributed by atoms with Crippen molar-refractivity contribution < 1.29 is 33.8 Å². The SMILES string of the molecule is CC(=O)O[C@H]1CCC(C)(C)[C@@H](C=O)[C@@]12COC(=O)[C@@]13C[C@@H](C[C@H](O)[C@H]12)[C@@H](C)C3=O. The van der Waals surface area contributed by atoms with Crippen molar-refractivity contribution in [2.24, 2.45) is 39.9 Å². The van der Waals surface area contributed by atoms with E-state index in [2.05, 4.69) is 0 Å². The lowest BCUT2D eigenvalue weighted by molar-refractivity contribution is -0.253. The largest absolute Gasteiger partial charge is 0.464 e. The van der Waals surface area contributed by atoms with Crippen LogP contribution in [0, 0.1) is 39.9 Å². The van der Waals surface area contributed by atoms with Crippen LogP contribution in [-0.2, 0) is 28.7 Å². The smallest absolute Gasteiger partial charge is 0.320 e. The van der Waals surface area contributed by atoms with Gasteiger partial charge < -0.3 is 19.4 Å². The number of Topliss-reactive ketones (excluding diaryl/α,β-unsaturated/α-hetero) is 1. The summed E-state index contributed by atoms with van der Waals surface area (Å²) >= 11 is 0. The molecule has 29 heavy (non-hydrogen) atoms. The van der Waals surface area contributed by atoms with Gasteiger partial charge in [0.25, 0.3) is 0 Å². The van der Waals surface area contributed by atoms with E-state index in [0.29, 0.717) is 25.7 Å². The molecule has 1 aliphatic heterocycles. The minimum absolute atomic E-state index is 0.0880. The first kappa shape index (κ1) is 20.5. The molecule has 7 nitrogen and oxygen atoms in total. The quantitative estimate of drug-likeness (QED) is 0.422. The lowest BCUT2D eigenvalue weighted by Crippen LogP contribution is -2.71. The standard InChI is InChI=1S/C22H30O7/c1-11-13-7-14(25)17-21(8-13,18(11)26)19(27)28-10-22(17)15(9-23)20(3,4)6-5-16(22)29-12(2)24/h9,11,13-17,25H,5-8,10H2,1-4H3/t11-,13-,14+,15-,16+,17-,21+,22+/m1/s1. The highest BCUT2D eigenvalue weighted by Crippen LogP contribution is 2.68. The van der Waals surface area contributed by atoms with E-state index in [1.165, 1.54) is 6.92 Å². The highest BCUT2D eigenvalue weighted by Gasteiger charge is 2.77. The van der Waals surface area contributed by atoms with E-state index in [0.717, 1.165) is 6.29 Å². The molecule has 1 heterocycles. The summed E-state index contributed by atoms with van der Waals surface area (Å²) in [4.78, 5) is 50.8. The highest BCUT2D eigenvalue weighted by molar-refractivity contribution is 6.08. The molecule has 0 aromatic carbocycles. The molecule has 4 fully saturated rings. The predicted molar refractivity (Wildman–Crippen MR) is 100 cm³/mol. The third-order valence-corrected chi connectivity index (χ3v) is 8.52. The zero-order valence-electron chi connectivity index (χ0n) is 17.5. The van der Waals surface area contributed by atoms with Crippen molar-refractivity contribution in [2.45, 2.75) is 65.6 Å². The number of carbonyl (C=O) groups is 4. The molecule has 7 heteroatoms. The summed E-state index contributed by atoms with van der Waals surface area (Å²) in [7, 11) is 0. The number of hydrogen-bond donors (Lipinski definition) is 1. The Labute approximate surface area is 170 Å². The molecule has 1 N–H and O–H groups in total.